The van der Waals surface area contributed by atoms with E-state index in [1.54, 1.807) is 19.1 Å². The van der Waals surface area contributed by atoms with E-state index in [0.717, 1.165) is 12.0 Å². The number of halogens is 1. The highest BCUT2D eigenvalue weighted by atomic mass is 19.1. The number of hydrogen-bond acceptors (Lipinski definition) is 3. The van der Waals surface area contributed by atoms with Crippen molar-refractivity contribution in [2.45, 2.75) is 39.8 Å². The van der Waals surface area contributed by atoms with Gasteiger partial charge in [-0.05, 0) is 38.0 Å². The van der Waals surface area contributed by atoms with Gasteiger partial charge in [-0.15, -0.1) is 0 Å². The highest BCUT2D eigenvalue weighted by Gasteiger charge is 2.23. The van der Waals surface area contributed by atoms with Crippen molar-refractivity contribution in [2.75, 3.05) is 6.61 Å². The lowest BCUT2D eigenvalue weighted by atomic mass is 9.98. The van der Waals surface area contributed by atoms with Gasteiger partial charge in [-0.2, -0.15) is 0 Å². The van der Waals surface area contributed by atoms with E-state index in [0.29, 0.717) is 13.2 Å². The average Bonchev–Trinajstić information content (AvgIpc) is 2.39. The summed E-state index contributed by atoms with van der Waals surface area (Å²) < 4.78 is 17.8. The van der Waals surface area contributed by atoms with Crippen molar-refractivity contribution in [3.05, 3.63) is 35.6 Å². The van der Waals surface area contributed by atoms with E-state index in [2.05, 4.69) is 5.32 Å². The van der Waals surface area contributed by atoms with Crippen LogP contribution in [0.2, 0.25) is 0 Å². The Hall–Kier alpha value is -1.42. The summed E-state index contributed by atoms with van der Waals surface area (Å²) in [6.07, 6.45) is 0.733. The molecule has 0 fully saturated rings. The minimum atomic E-state index is -0.241. The first-order chi connectivity index (χ1) is 9.08. The van der Waals surface area contributed by atoms with Gasteiger partial charge in [0, 0.05) is 12.6 Å². The molecule has 0 aromatic heterocycles. The van der Waals surface area contributed by atoms with Gasteiger partial charge in [-0.25, -0.2) is 4.39 Å². The normalized spacial score (nSPS) is 13.9. The lowest BCUT2D eigenvalue weighted by Gasteiger charge is -2.22. The van der Waals surface area contributed by atoms with Gasteiger partial charge >= 0.3 is 5.97 Å². The number of esters is 1. The largest absolute Gasteiger partial charge is 0.466 e. The Morgan fingerprint density at radius 3 is 2.47 bits per heavy atom. The zero-order chi connectivity index (χ0) is 14.3. The van der Waals surface area contributed by atoms with Crippen molar-refractivity contribution >= 4 is 5.97 Å². The molecule has 0 radical (unpaired) electrons. The molecular formula is C15H22FNO2. The van der Waals surface area contributed by atoms with Gasteiger partial charge in [0.05, 0.1) is 12.5 Å². The summed E-state index contributed by atoms with van der Waals surface area (Å²) in [6.45, 7) is 6.75. The van der Waals surface area contributed by atoms with E-state index in [1.165, 1.54) is 12.1 Å². The van der Waals surface area contributed by atoms with E-state index in [9.17, 15) is 9.18 Å². The van der Waals surface area contributed by atoms with Crippen molar-refractivity contribution in [1.29, 1.82) is 0 Å². The van der Waals surface area contributed by atoms with Gasteiger partial charge in [-0.1, -0.05) is 19.1 Å². The molecule has 0 aliphatic heterocycles. The summed E-state index contributed by atoms with van der Waals surface area (Å²) in [5, 5.41) is 3.29. The Morgan fingerprint density at radius 2 is 1.95 bits per heavy atom. The summed E-state index contributed by atoms with van der Waals surface area (Å²) in [5.74, 6) is -0.556. The van der Waals surface area contributed by atoms with Crippen LogP contribution in [0.25, 0.3) is 0 Å². The van der Waals surface area contributed by atoms with Crippen LogP contribution in [0.1, 0.15) is 32.8 Å². The third-order valence-electron chi connectivity index (χ3n) is 3.17. The molecule has 0 heterocycles. The number of benzene rings is 1. The van der Waals surface area contributed by atoms with E-state index in [4.69, 9.17) is 4.74 Å². The topological polar surface area (TPSA) is 38.3 Å². The second-order valence-corrected chi connectivity index (χ2v) is 4.56. The highest BCUT2D eigenvalue weighted by molar-refractivity contribution is 5.73. The van der Waals surface area contributed by atoms with E-state index in [1.807, 2.05) is 13.8 Å². The summed E-state index contributed by atoms with van der Waals surface area (Å²) in [6, 6.07) is 6.36. The van der Waals surface area contributed by atoms with Crippen molar-refractivity contribution < 1.29 is 13.9 Å². The minimum Gasteiger partial charge on any atom is -0.466 e. The molecule has 1 N–H and O–H groups in total. The first-order valence-corrected chi connectivity index (χ1v) is 6.72. The fraction of sp³-hybridized carbons (Fsp3) is 0.533. The van der Waals surface area contributed by atoms with Gasteiger partial charge < -0.3 is 10.1 Å². The fourth-order valence-corrected chi connectivity index (χ4v) is 2.00. The van der Waals surface area contributed by atoms with Crippen LogP contribution >= 0.6 is 0 Å². The molecule has 3 nitrogen and oxygen atoms in total. The second-order valence-electron chi connectivity index (χ2n) is 4.56. The monoisotopic (exact) mass is 267 g/mol. The van der Waals surface area contributed by atoms with Crippen molar-refractivity contribution in [3.63, 3.8) is 0 Å². The van der Waals surface area contributed by atoms with Gasteiger partial charge in [0.1, 0.15) is 5.82 Å². The smallest absolute Gasteiger partial charge is 0.310 e. The van der Waals surface area contributed by atoms with Crippen LogP contribution in [0.3, 0.4) is 0 Å². The molecule has 19 heavy (non-hydrogen) atoms. The van der Waals surface area contributed by atoms with Crippen LogP contribution in [0.15, 0.2) is 24.3 Å². The quantitative estimate of drug-likeness (QED) is 0.772. The van der Waals surface area contributed by atoms with Crippen LogP contribution in [0, 0.1) is 11.7 Å². The molecule has 4 heteroatoms. The van der Waals surface area contributed by atoms with Crippen LogP contribution in [0.5, 0.6) is 0 Å². The van der Waals surface area contributed by atoms with Crippen molar-refractivity contribution in [1.82, 2.24) is 5.32 Å². The molecule has 2 atom stereocenters. The number of rotatable bonds is 7. The summed E-state index contributed by atoms with van der Waals surface area (Å²) in [4.78, 5) is 11.8. The van der Waals surface area contributed by atoms with Crippen molar-refractivity contribution in [3.8, 4) is 0 Å². The van der Waals surface area contributed by atoms with E-state index >= 15 is 0 Å². The Labute approximate surface area is 114 Å². The molecule has 0 spiro atoms. The standard InChI is InChI=1S/C15H22FNO2/c1-4-14(15(18)19-5-2)11(3)17-10-12-6-8-13(16)9-7-12/h6-9,11,14,17H,4-5,10H2,1-3H3. The summed E-state index contributed by atoms with van der Waals surface area (Å²) in [5.41, 5.74) is 0.993. The van der Waals surface area contributed by atoms with Gasteiger partial charge in [0.25, 0.3) is 0 Å². The molecule has 1 aromatic carbocycles. The number of carbonyl (C=O) groups excluding carboxylic acids is 1. The van der Waals surface area contributed by atoms with E-state index in [-0.39, 0.29) is 23.7 Å². The maximum absolute atomic E-state index is 12.8. The lowest BCUT2D eigenvalue weighted by molar-refractivity contribution is -0.149. The zero-order valence-corrected chi connectivity index (χ0v) is 11.8. The third kappa shape index (κ3) is 4.99. The number of nitrogens with one attached hydrogen (secondary N) is 1. The third-order valence-corrected chi connectivity index (χ3v) is 3.17. The predicted octanol–water partition coefficient (Wildman–Crippen LogP) is 2.89. The Morgan fingerprint density at radius 1 is 1.32 bits per heavy atom. The lowest BCUT2D eigenvalue weighted by Crippen LogP contribution is -2.38. The Balaban J connectivity index is 2.50. The molecule has 106 valence electrons. The highest BCUT2D eigenvalue weighted by Crippen LogP contribution is 2.12. The van der Waals surface area contributed by atoms with E-state index < -0.39 is 0 Å². The molecule has 0 saturated carbocycles. The summed E-state index contributed by atoms with van der Waals surface area (Å²) in [7, 11) is 0. The second kappa shape index (κ2) is 7.89. The number of hydrogen-bond donors (Lipinski definition) is 1. The fourth-order valence-electron chi connectivity index (χ4n) is 2.00. The van der Waals surface area contributed by atoms with Crippen molar-refractivity contribution in [2.24, 2.45) is 5.92 Å². The molecular weight excluding hydrogens is 245 g/mol. The van der Waals surface area contributed by atoms with Crippen LogP contribution in [-0.4, -0.2) is 18.6 Å². The van der Waals surface area contributed by atoms with Gasteiger partial charge in [-0.3, -0.25) is 4.79 Å². The average molecular weight is 267 g/mol. The molecule has 0 aliphatic rings. The molecule has 2 unspecified atom stereocenters. The zero-order valence-electron chi connectivity index (χ0n) is 11.8. The maximum atomic E-state index is 12.8. The maximum Gasteiger partial charge on any atom is 0.310 e. The Bertz CT molecular complexity index is 392. The Kier molecular flexibility index (Phi) is 6.50. The molecule has 1 rings (SSSR count). The number of carbonyl (C=O) groups is 1. The van der Waals surface area contributed by atoms with Crippen LogP contribution in [-0.2, 0) is 16.1 Å². The van der Waals surface area contributed by atoms with Gasteiger partial charge in [0.15, 0.2) is 0 Å². The predicted molar refractivity (Wildman–Crippen MR) is 73.1 cm³/mol. The molecule has 0 saturated heterocycles. The molecule has 0 aliphatic carbocycles. The molecule has 1 aromatic rings. The minimum absolute atomic E-state index is 0.0223. The summed E-state index contributed by atoms with van der Waals surface area (Å²) >= 11 is 0. The molecule has 0 amide bonds. The van der Waals surface area contributed by atoms with Crippen LogP contribution < -0.4 is 5.32 Å². The van der Waals surface area contributed by atoms with Gasteiger partial charge in [0.2, 0.25) is 0 Å². The molecule has 0 bridgehead atoms. The first kappa shape index (κ1) is 15.6. The van der Waals surface area contributed by atoms with Crippen LogP contribution in [0.4, 0.5) is 4.39 Å². The number of ether oxygens (including phenoxy) is 1. The first-order valence-electron chi connectivity index (χ1n) is 6.72. The SMILES string of the molecule is CCOC(=O)C(CC)C(C)NCc1ccc(F)cc1.